The van der Waals surface area contributed by atoms with Crippen molar-refractivity contribution in [2.45, 2.75) is 18.9 Å². The molecule has 3 aliphatic heterocycles. The van der Waals surface area contributed by atoms with Gasteiger partial charge in [0, 0.05) is 35.8 Å². The van der Waals surface area contributed by atoms with Crippen molar-refractivity contribution < 1.29 is 24.5 Å². The highest BCUT2D eigenvalue weighted by Crippen LogP contribution is 2.32. The Kier molecular flexibility index (Phi) is 6.56. The van der Waals surface area contributed by atoms with E-state index < -0.39 is 11.9 Å². The third-order valence-electron chi connectivity index (χ3n) is 6.01. The van der Waals surface area contributed by atoms with Crippen LogP contribution in [0.1, 0.15) is 12.8 Å². The Balaban J connectivity index is 0.000000265. The van der Waals surface area contributed by atoms with Crippen molar-refractivity contribution in [3.63, 3.8) is 0 Å². The summed E-state index contributed by atoms with van der Waals surface area (Å²) in [6.45, 7) is 3.60. The second kappa shape index (κ2) is 9.70. The van der Waals surface area contributed by atoms with E-state index in [1.807, 2.05) is 6.20 Å². The molecule has 1 unspecified atom stereocenters. The highest BCUT2D eigenvalue weighted by atomic mass is 16.5. The Labute approximate surface area is 185 Å². The van der Waals surface area contributed by atoms with Gasteiger partial charge in [-0.1, -0.05) is 24.3 Å². The Morgan fingerprint density at radius 3 is 2.25 bits per heavy atom. The van der Waals surface area contributed by atoms with Gasteiger partial charge in [0.05, 0.1) is 0 Å². The number of aromatic nitrogens is 1. The van der Waals surface area contributed by atoms with Crippen LogP contribution in [0.4, 0.5) is 0 Å². The maximum absolute atomic E-state index is 9.55. The van der Waals surface area contributed by atoms with Crippen LogP contribution < -0.4 is 4.74 Å². The van der Waals surface area contributed by atoms with Gasteiger partial charge in [0.1, 0.15) is 11.9 Å². The van der Waals surface area contributed by atoms with E-state index in [0.717, 1.165) is 18.2 Å². The van der Waals surface area contributed by atoms with E-state index in [1.165, 1.54) is 48.0 Å². The molecule has 166 valence electrons. The smallest absolute Gasteiger partial charge is 0.328 e. The first kappa shape index (κ1) is 21.6. The van der Waals surface area contributed by atoms with Crippen LogP contribution in [0, 0.1) is 5.92 Å². The van der Waals surface area contributed by atoms with E-state index in [2.05, 4.69) is 58.4 Å². The van der Waals surface area contributed by atoms with Crippen LogP contribution in [-0.2, 0) is 9.59 Å². The quantitative estimate of drug-likeness (QED) is 0.524. The second-order valence-corrected chi connectivity index (χ2v) is 8.07. The molecule has 0 radical (unpaired) electrons. The molecule has 0 aliphatic carbocycles. The number of carbonyl (C=O) groups is 2. The molecule has 7 nitrogen and oxygen atoms in total. The maximum Gasteiger partial charge on any atom is 0.328 e. The maximum atomic E-state index is 9.55. The average molecular weight is 434 g/mol. The molecule has 4 heterocycles. The minimum absolute atomic E-state index is 0.367. The molecule has 32 heavy (non-hydrogen) atoms. The fourth-order valence-corrected chi connectivity index (χ4v) is 4.41. The number of carboxylic acids is 2. The zero-order valence-electron chi connectivity index (χ0n) is 17.6. The van der Waals surface area contributed by atoms with Crippen molar-refractivity contribution in [3.8, 4) is 16.9 Å². The summed E-state index contributed by atoms with van der Waals surface area (Å²) in [5.74, 6) is -0.776. The highest BCUT2D eigenvalue weighted by Gasteiger charge is 2.35. The number of hydrogen-bond acceptors (Lipinski definition) is 4. The zero-order valence-corrected chi connectivity index (χ0v) is 17.6. The lowest BCUT2D eigenvalue weighted by Crippen LogP contribution is -2.52. The summed E-state index contributed by atoms with van der Waals surface area (Å²) in [4.78, 5) is 24.9. The summed E-state index contributed by atoms with van der Waals surface area (Å²) in [6, 6.07) is 17.1. The minimum Gasteiger partial charge on any atom is -0.489 e. The number of piperidine rings is 3. The van der Waals surface area contributed by atoms with Crippen molar-refractivity contribution in [3.05, 3.63) is 66.9 Å². The van der Waals surface area contributed by atoms with E-state index in [0.29, 0.717) is 18.3 Å². The Morgan fingerprint density at radius 1 is 0.969 bits per heavy atom. The number of rotatable bonds is 5. The number of nitrogens with one attached hydrogen (secondary N) is 1. The van der Waals surface area contributed by atoms with E-state index in [9.17, 15) is 9.59 Å². The monoisotopic (exact) mass is 434 g/mol. The molecule has 0 amide bonds. The molecule has 0 spiro atoms. The predicted octanol–water partition coefficient (Wildman–Crippen LogP) is 4.02. The highest BCUT2D eigenvalue weighted by molar-refractivity contribution is 5.95. The summed E-state index contributed by atoms with van der Waals surface area (Å²) in [6.07, 6.45) is 6.06. The molecular weight excluding hydrogens is 408 g/mol. The lowest BCUT2D eigenvalue weighted by atomic mass is 9.86. The van der Waals surface area contributed by atoms with E-state index in [4.69, 9.17) is 14.9 Å². The first-order valence-electron chi connectivity index (χ1n) is 10.7. The van der Waals surface area contributed by atoms with Gasteiger partial charge >= 0.3 is 11.9 Å². The second-order valence-electron chi connectivity index (χ2n) is 8.07. The van der Waals surface area contributed by atoms with Crippen LogP contribution >= 0.6 is 0 Å². The van der Waals surface area contributed by atoms with Crippen molar-refractivity contribution in [1.82, 2.24) is 9.88 Å². The number of benzene rings is 2. The number of fused-ring (bicyclic) bond motifs is 4. The number of carboxylic acid groups (broad SMARTS) is 2. The molecule has 2 bridgehead atoms. The molecule has 3 aliphatic rings. The molecule has 2 aromatic carbocycles. The zero-order chi connectivity index (χ0) is 22.5. The largest absolute Gasteiger partial charge is 0.489 e. The number of aromatic amines is 1. The normalized spacial score (nSPS) is 21.8. The van der Waals surface area contributed by atoms with Gasteiger partial charge in [-0.2, -0.15) is 0 Å². The van der Waals surface area contributed by atoms with Crippen LogP contribution in [0.5, 0.6) is 5.75 Å². The Bertz CT molecular complexity index is 1090. The van der Waals surface area contributed by atoms with Crippen LogP contribution in [-0.4, -0.2) is 57.8 Å². The molecule has 7 heteroatoms. The number of nitrogens with zero attached hydrogens (tertiary/aromatic N) is 1. The number of hydrogen-bond donors (Lipinski definition) is 3. The molecule has 1 aromatic heterocycles. The third kappa shape index (κ3) is 5.18. The SMILES string of the molecule is O=C(O)/C=C/C(=O)O.c1cc(-c2ccc(OC3CN4CCC3CC4)cc2)c2cc[nH]c2c1. The average Bonchev–Trinajstić information content (AvgIpc) is 3.29. The lowest BCUT2D eigenvalue weighted by molar-refractivity contribution is -0.134. The van der Waals surface area contributed by atoms with Crippen molar-refractivity contribution in [2.24, 2.45) is 5.92 Å². The van der Waals surface area contributed by atoms with Crippen molar-refractivity contribution >= 4 is 22.8 Å². The van der Waals surface area contributed by atoms with Gasteiger partial charge in [-0.3, -0.25) is 4.90 Å². The summed E-state index contributed by atoms with van der Waals surface area (Å²) in [7, 11) is 0. The molecule has 3 N–H and O–H groups in total. The summed E-state index contributed by atoms with van der Waals surface area (Å²) in [5, 5.41) is 16.9. The molecule has 6 rings (SSSR count). The topological polar surface area (TPSA) is 103 Å². The molecule has 0 saturated carbocycles. The van der Waals surface area contributed by atoms with Crippen LogP contribution in [0.2, 0.25) is 0 Å². The molecule has 3 saturated heterocycles. The van der Waals surface area contributed by atoms with Gasteiger partial charge in [0.15, 0.2) is 0 Å². The molecule has 3 aromatic rings. The molecule has 1 atom stereocenters. The van der Waals surface area contributed by atoms with Crippen LogP contribution in [0.3, 0.4) is 0 Å². The van der Waals surface area contributed by atoms with Crippen LogP contribution in [0.25, 0.3) is 22.0 Å². The number of ether oxygens (including phenoxy) is 1. The number of aliphatic carboxylic acids is 2. The molecular formula is C25H26N2O5. The Hall–Kier alpha value is -3.58. The van der Waals surface area contributed by atoms with Crippen molar-refractivity contribution in [1.29, 1.82) is 0 Å². The minimum atomic E-state index is -1.26. The Morgan fingerprint density at radius 2 is 1.66 bits per heavy atom. The summed E-state index contributed by atoms with van der Waals surface area (Å²) >= 11 is 0. The van der Waals surface area contributed by atoms with Gasteiger partial charge in [0.25, 0.3) is 0 Å². The van der Waals surface area contributed by atoms with Gasteiger partial charge in [0.2, 0.25) is 0 Å². The third-order valence-corrected chi connectivity index (χ3v) is 6.01. The summed E-state index contributed by atoms with van der Waals surface area (Å²) < 4.78 is 6.30. The van der Waals surface area contributed by atoms with E-state index >= 15 is 0 Å². The number of H-pyrrole nitrogens is 1. The van der Waals surface area contributed by atoms with Gasteiger partial charge in [-0.25, -0.2) is 9.59 Å². The fourth-order valence-electron chi connectivity index (χ4n) is 4.41. The standard InChI is InChI=1S/C21H22N2O.C4H4O4/c1-2-18(19-8-11-22-20(19)3-1)15-4-6-17(7-5-15)24-21-14-23-12-9-16(21)10-13-23;5-3(6)1-2-4(7)8/h1-8,11,16,21-22H,9-10,12-14H2;1-2H,(H,5,6)(H,7,8)/b;2-1+. The first-order chi connectivity index (χ1) is 15.5. The van der Waals surface area contributed by atoms with Crippen LogP contribution in [0.15, 0.2) is 66.9 Å². The van der Waals surface area contributed by atoms with Gasteiger partial charge < -0.3 is 19.9 Å². The van der Waals surface area contributed by atoms with Gasteiger partial charge in [-0.05, 0) is 67.2 Å². The van der Waals surface area contributed by atoms with Gasteiger partial charge in [-0.15, -0.1) is 0 Å². The van der Waals surface area contributed by atoms with E-state index in [-0.39, 0.29) is 0 Å². The molecule has 3 fully saturated rings. The predicted molar refractivity (Wildman–Crippen MR) is 122 cm³/mol. The summed E-state index contributed by atoms with van der Waals surface area (Å²) in [5.41, 5.74) is 3.68. The first-order valence-corrected chi connectivity index (χ1v) is 10.7. The van der Waals surface area contributed by atoms with Crippen molar-refractivity contribution in [2.75, 3.05) is 19.6 Å². The van der Waals surface area contributed by atoms with E-state index in [1.54, 1.807) is 0 Å². The lowest BCUT2D eigenvalue weighted by Gasteiger charge is -2.44. The fraction of sp³-hybridized carbons (Fsp3) is 0.280.